The molecule has 0 amide bonds. The molecule has 0 aromatic rings. The highest BCUT2D eigenvalue weighted by Crippen LogP contribution is 1.97. The first kappa shape index (κ1) is 24.0. The first-order chi connectivity index (χ1) is 10.7. The number of unbranched alkanes of at least 4 members (excludes halogenated alkanes) is 2. The summed E-state index contributed by atoms with van der Waals surface area (Å²) in [4.78, 5) is 0. The molecule has 1 atom stereocenters. The molecule has 22 heavy (non-hydrogen) atoms. The number of aliphatic hydroxyl groups excluding tert-OH is 3. The molecule has 3 N–H and O–H groups in total. The molecule has 0 rings (SSSR count). The summed E-state index contributed by atoms with van der Waals surface area (Å²) in [5, 5.41) is 25.5. The molecule has 0 bridgehead atoms. The molecule has 0 aliphatic heterocycles. The van der Waals surface area contributed by atoms with Crippen LogP contribution >= 0.6 is 0 Å². The predicted octanol–water partition coefficient (Wildman–Crippen LogP) is 1.36. The molecule has 0 heterocycles. The number of aliphatic hydroxyl groups is 3. The topological polar surface area (TPSA) is 88.4 Å². The Kier molecular flexibility index (Phi) is 25.1. The van der Waals surface area contributed by atoms with Crippen LogP contribution in [0, 0.1) is 0 Å². The second-order valence-electron chi connectivity index (χ2n) is 4.89. The summed E-state index contributed by atoms with van der Waals surface area (Å²) in [5.41, 5.74) is 0. The Balaban J connectivity index is 0. The molecule has 0 radical (unpaired) electrons. The molecule has 6 heteroatoms. The van der Waals surface area contributed by atoms with Crippen LogP contribution in [0.5, 0.6) is 0 Å². The third-order valence-electron chi connectivity index (χ3n) is 2.72. The van der Waals surface area contributed by atoms with E-state index in [1.54, 1.807) is 0 Å². The maximum atomic E-state index is 8.74. The van der Waals surface area contributed by atoms with Crippen LogP contribution in [0.4, 0.5) is 0 Å². The van der Waals surface area contributed by atoms with Crippen LogP contribution < -0.4 is 0 Å². The Bertz CT molecular complexity index is 168. The highest BCUT2D eigenvalue weighted by Gasteiger charge is 1.97. The van der Waals surface area contributed by atoms with Crippen molar-refractivity contribution in [1.29, 1.82) is 0 Å². The normalized spacial score (nSPS) is 11.9. The van der Waals surface area contributed by atoms with Crippen molar-refractivity contribution in [2.24, 2.45) is 0 Å². The lowest BCUT2D eigenvalue weighted by atomic mass is 10.2. The van der Waals surface area contributed by atoms with Crippen molar-refractivity contribution in [1.82, 2.24) is 0 Å². The summed E-state index contributed by atoms with van der Waals surface area (Å²) in [6, 6.07) is 0. The quantitative estimate of drug-likeness (QED) is 0.394. The highest BCUT2D eigenvalue weighted by atomic mass is 16.5. The minimum absolute atomic E-state index is 0.0696. The summed E-state index contributed by atoms with van der Waals surface area (Å²) in [6.07, 6.45) is 4.59. The third-order valence-corrected chi connectivity index (χ3v) is 2.72. The third kappa shape index (κ3) is 24.8. The Morgan fingerprint density at radius 1 is 0.727 bits per heavy atom. The molecule has 0 aromatic heterocycles. The Hall–Kier alpha value is -0.240. The molecule has 0 aliphatic carbocycles. The van der Waals surface area contributed by atoms with Crippen molar-refractivity contribution in [3.8, 4) is 0 Å². The van der Waals surface area contributed by atoms with Crippen LogP contribution in [-0.2, 0) is 14.2 Å². The van der Waals surface area contributed by atoms with Crippen molar-refractivity contribution in [3.63, 3.8) is 0 Å². The van der Waals surface area contributed by atoms with Crippen LogP contribution in [0.15, 0.2) is 0 Å². The van der Waals surface area contributed by atoms with Crippen LogP contribution in [0.25, 0.3) is 0 Å². The Morgan fingerprint density at radius 2 is 1.23 bits per heavy atom. The summed E-state index contributed by atoms with van der Waals surface area (Å²) in [5.74, 6) is 0. The predicted molar refractivity (Wildman–Crippen MR) is 87.1 cm³/mol. The molecule has 0 aromatic carbocycles. The monoisotopic (exact) mass is 324 g/mol. The molecule has 136 valence electrons. The van der Waals surface area contributed by atoms with E-state index in [0.29, 0.717) is 33.0 Å². The van der Waals surface area contributed by atoms with Gasteiger partial charge in [0.25, 0.3) is 0 Å². The van der Waals surface area contributed by atoms with Gasteiger partial charge in [-0.2, -0.15) is 0 Å². The van der Waals surface area contributed by atoms with E-state index in [0.717, 1.165) is 38.7 Å². The average Bonchev–Trinajstić information content (AvgIpc) is 2.55. The highest BCUT2D eigenvalue weighted by molar-refractivity contribution is 4.50. The lowest BCUT2D eigenvalue weighted by Crippen LogP contribution is -2.11. The smallest absolute Gasteiger partial charge is 0.0770 e. The van der Waals surface area contributed by atoms with E-state index >= 15 is 0 Å². The van der Waals surface area contributed by atoms with E-state index in [1.165, 1.54) is 0 Å². The van der Waals surface area contributed by atoms with Gasteiger partial charge < -0.3 is 29.5 Å². The van der Waals surface area contributed by atoms with E-state index < -0.39 is 6.10 Å². The maximum absolute atomic E-state index is 8.74. The fourth-order valence-corrected chi connectivity index (χ4v) is 1.38. The zero-order valence-corrected chi connectivity index (χ0v) is 14.3. The van der Waals surface area contributed by atoms with Crippen molar-refractivity contribution in [3.05, 3.63) is 0 Å². The second-order valence-corrected chi connectivity index (χ2v) is 4.89. The van der Waals surface area contributed by atoms with E-state index in [4.69, 9.17) is 29.5 Å². The van der Waals surface area contributed by atoms with E-state index in [2.05, 4.69) is 13.8 Å². The molecular formula is C16H36O6. The van der Waals surface area contributed by atoms with Crippen LogP contribution in [0.1, 0.15) is 46.0 Å². The van der Waals surface area contributed by atoms with Crippen LogP contribution in [0.3, 0.4) is 0 Å². The number of hydrogen-bond donors (Lipinski definition) is 3. The first-order valence-corrected chi connectivity index (χ1v) is 8.35. The Morgan fingerprint density at radius 3 is 1.68 bits per heavy atom. The van der Waals surface area contributed by atoms with Gasteiger partial charge in [0, 0.05) is 6.61 Å². The van der Waals surface area contributed by atoms with Gasteiger partial charge in [0.15, 0.2) is 0 Å². The van der Waals surface area contributed by atoms with Crippen molar-refractivity contribution in [2.75, 3.05) is 52.9 Å². The first-order valence-electron chi connectivity index (χ1n) is 8.35. The second kappa shape index (κ2) is 23.0. The zero-order valence-electron chi connectivity index (χ0n) is 14.3. The van der Waals surface area contributed by atoms with Gasteiger partial charge in [-0.15, -0.1) is 0 Å². The standard InChI is InChI=1S/C10H22O4.C6H14O2/c1-2-3-5-12-7-9-14-10-8-13-6-4-11;1-2-3-4-6(8)5-7/h11H,2-10H2,1H3;6-8H,2-5H2,1H3. The lowest BCUT2D eigenvalue weighted by molar-refractivity contribution is 0.00735. The SMILES string of the molecule is CCCCC(O)CO.CCCCOCCOCCOCCO. The largest absolute Gasteiger partial charge is 0.394 e. The molecule has 6 nitrogen and oxygen atoms in total. The van der Waals surface area contributed by atoms with Gasteiger partial charge in [-0.3, -0.25) is 0 Å². The van der Waals surface area contributed by atoms with E-state index in [-0.39, 0.29) is 13.2 Å². The van der Waals surface area contributed by atoms with E-state index in [9.17, 15) is 0 Å². The van der Waals surface area contributed by atoms with Gasteiger partial charge in [-0.1, -0.05) is 33.1 Å². The van der Waals surface area contributed by atoms with E-state index in [1.807, 2.05) is 0 Å². The van der Waals surface area contributed by atoms with Gasteiger partial charge in [0.2, 0.25) is 0 Å². The van der Waals surface area contributed by atoms with Gasteiger partial charge >= 0.3 is 0 Å². The van der Waals surface area contributed by atoms with Crippen molar-refractivity contribution >= 4 is 0 Å². The van der Waals surface area contributed by atoms with Gasteiger partial charge in [0.1, 0.15) is 0 Å². The summed E-state index contributed by atoms with van der Waals surface area (Å²) in [7, 11) is 0. The van der Waals surface area contributed by atoms with Gasteiger partial charge in [-0.25, -0.2) is 0 Å². The minimum Gasteiger partial charge on any atom is -0.394 e. The summed E-state index contributed by atoms with van der Waals surface area (Å²) < 4.78 is 15.5. The zero-order chi connectivity index (χ0) is 16.9. The maximum Gasteiger partial charge on any atom is 0.0770 e. The lowest BCUT2D eigenvalue weighted by Gasteiger charge is -2.05. The molecular weight excluding hydrogens is 288 g/mol. The molecule has 0 spiro atoms. The van der Waals surface area contributed by atoms with Gasteiger partial charge in [0.05, 0.1) is 52.4 Å². The minimum atomic E-state index is -0.491. The fraction of sp³-hybridized carbons (Fsp3) is 1.00. The summed E-state index contributed by atoms with van der Waals surface area (Å²) in [6.45, 7) is 7.75. The van der Waals surface area contributed by atoms with Gasteiger partial charge in [-0.05, 0) is 12.8 Å². The fourth-order valence-electron chi connectivity index (χ4n) is 1.38. The van der Waals surface area contributed by atoms with Crippen molar-refractivity contribution in [2.45, 2.75) is 52.1 Å². The number of ether oxygens (including phenoxy) is 3. The van der Waals surface area contributed by atoms with Crippen molar-refractivity contribution < 1.29 is 29.5 Å². The molecule has 0 saturated carbocycles. The molecule has 0 fully saturated rings. The van der Waals surface area contributed by atoms with Crippen LogP contribution in [0.2, 0.25) is 0 Å². The number of rotatable bonds is 15. The Labute approximate surface area is 135 Å². The average molecular weight is 324 g/mol. The molecule has 1 unspecified atom stereocenters. The molecule has 0 saturated heterocycles. The number of hydrogen-bond acceptors (Lipinski definition) is 6. The molecule has 0 aliphatic rings. The van der Waals surface area contributed by atoms with Crippen LogP contribution in [-0.4, -0.2) is 74.3 Å². The summed E-state index contributed by atoms with van der Waals surface area (Å²) >= 11 is 0.